The molecule has 1 aliphatic rings. The molecule has 0 radical (unpaired) electrons. The summed E-state index contributed by atoms with van der Waals surface area (Å²) in [6, 6.07) is 14.3. The highest BCUT2D eigenvalue weighted by atomic mass is 16.2. The molecule has 1 unspecified atom stereocenters. The van der Waals surface area contributed by atoms with Crippen LogP contribution >= 0.6 is 0 Å². The first-order valence-electron chi connectivity index (χ1n) is 9.80. The Balaban J connectivity index is 1.48. The number of hydrazine groups is 1. The zero-order chi connectivity index (χ0) is 21.3. The standard InChI is InChI=1S/C22H23N5O3/c1-14-7-9-15(10-8-14)13-27-18(11-12-19(27)28)20(29)24-25-22-23-17-6-4-3-5-16(17)21(30)26(22)2/h3-10,18H,11-13H2,1-2H3,(H,23,25)(H,24,29). The van der Waals surface area contributed by atoms with Crippen molar-refractivity contribution in [1.82, 2.24) is 19.9 Å². The number of amides is 2. The third-order valence-corrected chi connectivity index (χ3v) is 5.39. The van der Waals surface area contributed by atoms with E-state index in [9.17, 15) is 14.4 Å². The number of anilines is 1. The molecule has 3 aromatic rings. The van der Waals surface area contributed by atoms with Crippen LogP contribution in [0.4, 0.5) is 5.95 Å². The molecule has 1 atom stereocenters. The van der Waals surface area contributed by atoms with Crippen LogP contribution in [0.1, 0.15) is 24.0 Å². The van der Waals surface area contributed by atoms with E-state index in [-0.39, 0.29) is 23.3 Å². The molecule has 0 aliphatic carbocycles. The van der Waals surface area contributed by atoms with E-state index in [0.717, 1.165) is 11.1 Å². The molecule has 1 fully saturated rings. The smallest absolute Gasteiger partial charge is 0.262 e. The average Bonchev–Trinajstić information content (AvgIpc) is 3.11. The van der Waals surface area contributed by atoms with Crippen LogP contribution < -0.4 is 16.4 Å². The summed E-state index contributed by atoms with van der Waals surface area (Å²) in [6.45, 7) is 2.38. The van der Waals surface area contributed by atoms with E-state index in [1.807, 2.05) is 31.2 Å². The van der Waals surface area contributed by atoms with Crippen molar-refractivity contribution in [2.24, 2.45) is 7.05 Å². The second kappa shape index (κ2) is 7.98. The van der Waals surface area contributed by atoms with Gasteiger partial charge in [0, 0.05) is 20.0 Å². The molecule has 0 bridgehead atoms. The first-order valence-corrected chi connectivity index (χ1v) is 9.80. The minimum Gasteiger partial charge on any atom is -0.326 e. The fraction of sp³-hybridized carbons (Fsp3) is 0.273. The van der Waals surface area contributed by atoms with E-state index in [4.69, 9.17) is 0 Å². The molecular weight excluding hydrogens is 382 g/mol. The monoisotopic (exact) mass is 405 g/mol. The first-order chi connectivity index (χ1) is 14.4. The van der Waals surface area contributed by atoms with E-state index < -0.39 is 6.04 Å². The Kier molecular flexibility index (Phi) is 5.22. The van der Waals surface area contributed by atoms with Gasteiger partial charge in [-0.15, -0.1) is 0 Å². The summed E-state index contributed by atoms with van der Waals surface area (Å²) in [5, 5.41) is 0.502. The number of benzene rings is 2. The van der Waals surface area contributed by atoms with Gasteiger partial charge in [-0.05, 0) is 31.0 Å². The Hall–Kier alpha value is -3.68. The highest BCUT2D eigenvalue weighted by Gasteiger charge is 2.36. The normalized spacial score (nSPS) is 16.1. The second-order valence-electron chi connectivity index (χ2n) is 7.49. The van der Waals surface area contributed by atoms with Crippen LogP contribution in [0.15, 0.2) is 53.3 Å². The molecule has 2 N–H and O–H groups in total. The molecule has 8 nitrogen and oxygen atoms in total. The van der Waals surface area contributed by atoms with Crippen LogP contribution in [-0.4, -0.2) is 32.3 Å². The molecule has 4 rings (SSSR count). The van der Waals surface area contributed by atoms with Gasteiger partial charge in [0.1, 0.15) is 6.04 Å². The lowest BCUT2D eigenvalue weighted by Crippen LogP contribution is -2.46. The summed E-state index contributed by atoms with van der Waals surface area (Å²) < 4.78 is 1.34. The maximum Gasteiger partial charge on any atom is 0.262 e. The maximum absolute atomic E-state index is 12.8. The predicted molar refractivity (Wildman–Crippen MR) is 114 cm³/mol. The van der Waals surface area contributed by atoms with Crippen LogP contribution in [0.25, 0.3) is 10.9 Å². The zero-order valence-electron chi connectivity index (χ0n) is 16.9. The molecule has 30 heavy (non-hydrogen) atoms. The molecule has 1 aromatic heterocycles. The predicted octanol–water partition coefficient (Wildman–Crippen LogP) is 1.88. The first kappa shape index (κ1) is 19.6. The van der Waals surface area contributed by atoms with Gasteiger partial charge < -0.3 is 4.90 Å². The van der Waals surface area contributed by atoms with Crippen molar-refractivity contribution in [1.29, 1.82) is 0 Å². The minimum atomic E-state index is -0.580. The molecule has 2 heterocycles. The number of hydrogen-bond acceptors (Lipinski definition) is 5. The number of fused-ring (bicyclic) bond motifs is 1. The van der Waals surface area contributed by atoms with E-state index in [0.29, 0.717) is 30.3 Å². The summed E-state index contributed by atoms with van der Waals surface area (Å²) in [6.07, 6.45) is 0.777. The van der Waals surface area contributed by atoms with Gasteiger partial charge in [-0.1, -0.05) is 42.0 Å². The molecular formula is C22H23N5O3. The lowest BCUT2D eigenvalue weighted by atomic mass is 10.1. The van der Waals surface area contributed by atoms with E-state index in [2.05, 4.69) is 15.8 Å². The van der Waals surface area contributed by atoms with Gasteiger partial charge in [0.05, 0.1) is 10.9 Å². The van der Waals surface area contributed by atoms with Crippen molar-refractivity contribution in [2.75, 3.05) is 5.43 Å². The number of carbonyl (C=O) groups excluding carboxylic acids is 2. The van der Waals surface area contributed by atoms with E-state index >= 15 is 0 Å². The Morgan fingerprint density at radius 2 is 1.87 bits per heavy atom. The minimum absolute atomic E-state index is 0.0491. The third-order valence-electron chi connectivity index (χ3n) is 5.39. The quantitative estimate of drug-likeness (QED) is 0.632. The van der Waals surface area contributed by atoms with Crippen LogP contribution in [0.5, 0.6) is 0 Å². The van der Waals surface area contributed by atoms with Crippen molar-refractivity contribution in [3.63, 3.8) is 0 Å². The molecule has 2 amide bonds. The van der Waals surface area contributed by atoms with Gasteiger partial charge in [0.2, 0.25) is 11.9 Å². The average molecular weight is 405 g/mol. The van der Waals surface area contributed by atoms with Gasteiger partial charge in [-0.25, -0.2) is 4.98 Å². The lowest BCUT2D eigenvalue weighted by Gasteiger charge is -2.24. The number of aromatic nitrogens is 2. The van der Waals surface area contributed by atoms with Crippen LogP contribution in [0.2, 0.25) is 0 Å². The van der Waals surface area contributed by atoms with Crippen LogP contribution in [0, 0.1) is 6.92 Å². The van der Waals surface area contributed by atoms with Gasteiger partial charge in [-0.3, -0.25) is 29.8 Å². The zero-order valence-corrected chi connectivity index (χ0v) is 16.9. The molecule has 0 spiro atoms. The third kappa shape index (κ3) is 3.76. The Morgan fingerprint density at radius 3 is 2.63 bits per heavy atom. The fourth-order valence-electron chi connectivity index (χ4n) is 3.63. The number of aryl methyl sites for hydroxylation is 1. The largest absolute Gasteiger partial charge is 0.326 e. The molecule has 154 valence electrons. The van der Waals surface area contributed by atoms with Crippen molar-refractivity contribution in [3.05, 3.63) is 70.0 Å². The number of likely N-dealkylation sites (tertiary alicyclic amines) is 1. The van der Waals surface area contributed by atoms with Gasteiger partial charge >= 0.3 is 0 Å². The van der Waals surface area contributed by atoms with Crippen molar-refractivity contribution in [2.45, 2.75) is 32.4 Å². The Labute approximate surface area is 173 Å². The molecule has 2 aromatic carbocycles. The van der Waals surface area contributed by atoms with Crippen molar-refractivity contribution < 1.29 is 9.59 Å². The Morgan fingerprint density at radius 1 is 1.13 bits per heavy atom. The number of carbonyl (C=O) groups is 2. The van der Waals surface area contributed by atoms with E-state index in [1.165, 1.54) is 4.57 Å². The Bertz CT molecular complexity index is 1170. The number of para-hydroxylation sites is 1. The number of nitrogens with one attached hydrogen (secondary N) is 2. The van der Waals surface area contributed by atoms with Gasteiger partial charge in [0.25, 0.3) is 11.5 Å². The highest BCUT2D eigenvalue weighted by molar-refractivity contribution is 5.91. The topological polar surface area (TPSA) is 96.3 Å². The maximum atomic E-state index is 12.8. The second-order valence-corrected chi connectivity index (χ2v) is 7.49. The molecule has 8 heteroatoms. The van der Waals surface area contributed by atoms with Crippen molar-refractivity contribution >= 4 is 28.7 Å². The molecule has 0 saturated carbocycles. The van der Waals surface area contributed by atoms with Crippen LogP contribution in [0.3, 0.4) is 0 Å². The van der Waals surface area contributed by atoms with E-state index in [1.54, 1.807) is 36.2 Å². The molecule has 1 saturated heterocycles. The van der Waals surface area contributed by atoms with Gasteiger partial charge in [0.15, 0.2) is 0 Å². The summed E-state index contributed by atoms with van der Waals surface area (Å²) in [5.74, 6) is -0.163. The summed E-state index contributed by atoms with van der Waals surface area (Å²) >= 11 is 0. The SMILES string of the molecule is Cc1ccc(CN2C(=O)CCC2C(=O)NNc2nc3ccccc3c(=O)n2C)cc1. The van der Waals surface area contributed by atoms with Crippen molar-refractivity contribution in [3.8, 4) is 0 Å². The lowest BCUT2D eigenvalue weighted by molar-refractivity contribution is -0.135. The van der Waals surface area contributed by atoms with Crippen LogP contribution in [-0.2, 0) is 23.2 Å². The molecule has 1 aliphatic heterocycles. The highest BCUT2D eigenvalue weighted by Crippen LogP contribution is 2.22. The fourth-order valence-corrected chi connectivity index (χ4v) is 3.63. The number of rotatable bonds is 5. The summed E-state index contributed by atoms with van der Waals surface area (Å²) in [5.41, 5.74) is 7.79. The number of nitrogens with zero attached hydrogens (tertiary/aromatic N) is 3. The number of hydrogen-bond donors (Lipinski definition) is 2. The van der Waals surface area contributed by atoms with Gasteiger partial charge in [-0.2, -0.15) is 0 Å². The summed E-state index contributed by atoms with van der Waals surface area (Å²) in [7, 11) is 1.58. The summed E-state index contributed by atoms with van der Waals surface area (Å²) in [4.78, 5) is 43.6.